The van der Waals surface area contributed by atoms with Gasteiger partial charge in [-0.15, -0.1) is 0 Å². The molecule has 0 fully saturated rings. The van der Waals surface area contributed by atoms with Gasteiger partial charge in [-0.3, -0.25) is 0 Å². The molecule has 5 aromatic rings. The summed E-state index contributed by atoms with van der Waals surface area (Å²) >= 11 is 0. The van der Waals surface area contributed by atoms with Crippen LogP contribution in [0.5, 0.6) is 0 Å². The van der Waals surface area contributed by atoms with Crippen LogP contribution in [0, 0.1) is 6.92 Å². The van der Waals surface area contributed by atoms with Crippen molar-refractivity contribution in [1.82, 2.24) is 4.31 Å². The van der Waals surface area contributed by atoms with Crippen molar-refractivity contribution in [3.8, 4) is 0 Å². The summed E-state index contributed by atoms with van der Waals surface area (Å²) in [5, 5.41) is 2.74. The van der Waals surface area contributed by atoms with Crippen molar-refractivity contribution in [1.29, 1.82) is 0 Å². The predicted molar refractivity (Wildman–Crippen MR) is 149 cm³/mol. The van der Waals surface area contributed by atoms with Crippen molar-refractivity contribution in [3.63, 3.8) is 0 Å². The molecular formula is C31H29NO5S. The summed E-state index contributed by atoms with van der Waals surface area (Å²) in [7, 11) is -3.88. The minimum Gasteiger partial charge on any atom is -0.460 e. The van der Waals surface area contributed by atoms with Crippen molar-refractivity contribution in [2.45, 2.75) is 31.7 Å². The van der Waals surface area contributed by atoms with Crippen molar-refractivity contribution in [2.75, 3.05) is 13.2 Å². The number of aryl methyl sites for hydroxylation is 1. The number of hydrogen-bond acceptors (Lipinski definition) is 5. The fourth-order valence-corrected chi connectivity index (χ4v) is 6.08. The highest BCUT2D eigenvalue weighted by Crippen LogP contribution is 2.30. The number of sulfonamides is 1. The van der Waals surface area contributed by atoms with Crippen LogP contribution in [0.15, 0.2) is 100 Å². The van der Waals surface area contributed by atoms with Crippen molar-refractivity contribution < 1.29 is 22.4 Å². The van der Waals surface area contributed by atoms with Crippen LogP contribution in [-0.4, -0.2) is 31.8 Å². The Morgan fingerprint density at radius 3 is 2.37 bits per heavy atom. The van der Waals surface area contributed by atoms with Gasteiger partial charge >= 0.3 is 5.97 Å². The van der Waals surface area contributed by atoms with E-state index in [0.29, 0.717) is 29.5 Å². The zero-order chi connectivity index (χ0) is 26.7. The molecule has 0 bridgehead atoms. The topological polar surface area (TPSA) is 76.8 Å². The van der Waals surface area contributed by atoms with Crippen LogP contribution in [0.2, 0.25) is 0 Å². The van der Waals surface area contributed by atoms with E-state index in [1.807, 2.05) is 72.8 Å². The molecule has 4 aromatic carbocycles. The summed E-state index contributed by atoms with van der Waals surface area (Å²) in [6, 6.07) is 28.6. The molecule has 7 heteroatoms. The third-order valence-electron chi connectivity index (χ3n) is 6.67. The summed E-state index contributed by atoms with van der Waals surface area (Å²) in [6.45, 7) is 4.23. The maximum Gasteiger partial charge on any atom is 0.374 e. The lowest BCUT2D eigenvalue weighted by atomic mass is 10.1. The van der Waals surface area contributed by atoms with Gasteiger partial charge in [-0.25, -0.2) is 13.2 Å². The number of ether oxygens (including phenoxy) is 1. The monoisotopic (exact) mass is 527 g/mol. The van der Waals surface area contributed by atoms with Gasteiger partial charge in [-0.2, -0.15) is 4.31 Å². The highest BCUT2D eigenvalue weighted by molar-refractivity contribution is 7.89. The number of carbonyl (C=O) groups is 1. The van der Waals surface area contributed by atoms with Gasteiger partial charge in [-0.05, 0) is 66.4 Å². The summed E-state index contributed by atoms with van der Waals surface area (Å²) in [6.07, 6.45) is 0.577. The van der Waals surface area contributed by atoms with E-state index in [9.17, 15) is 13.2 Å². The lowest BCUT2D eigenvalue weighted by Crippen LogP contribution is -2.32. The largest absolute Gasteiger partial charge is 0.460 e. The molecule has 0 spiro atoms. The molecule has 1 heterocycles. The molecule has 5 rings (SSSR count). The lowest BCUT2D eigenvalue weighted by Gasteiger charge is -2.23. The Morgan fingerprint density at radius 2 is 1.61 bits per heavy atom. The molecule has 194 valence electrons. The molecule has 38 heavy (non-hydrogen) atoms. The van der Waals surface area contributed by atoms with Crippen molar-refractivity contribution in [2.24, 2.45) is 0 Å². The second-order valence-corrected chi connectivity index (χ2v) is 11.1. The van der Waals surface area contributed by atoms with Crippen LogP contribution in [0.1, 0.15) is 34.2 Å². The Kier molecular flexibility index (Phi) is 7.31. The first-order chi connectivity index (χ1) is 18.4. The van der Waals surface area contributed by atoms with Crippen LogP contribution in [0.25, 0.3) is 21.7 Å². The molecule has 0 radical (unpaired) electrons. The van der Waals surface area contributed by atoms with Gasteiger partial charge in [0.05, 0.1) is 11.5 Å². The van der Waals surface area contributed by atoms with E-state index in [4.69, 9.17) is 9.15 Å². The molecule has 0 amide bonds. The van der Waals surface area contributed by atoms with Crippen LogP contribution in [-0.2, 0) is 27.7 Å². The first-order valence-electron chi connectivity index (χ1n) is 12.6. The maximum absolute atomic E-state index is 14.0. The van der Waals surface area contributed by atoms with Gasteiger partial charge in [0, 0.05) is 24.0 Å². The first-order valence-corrected chi connectivity index (χ1v) is 14.0. The van der Waals surface area contributed by atoms with Crippen molar-refractivity contribution in [3.05, 3.63) is 113 Å². The minimum absolute atomic E-state index is 0.0912. The second kappa shape index (κ2) is 10.8. The number of fused-ring (bicyclic) bond motifs is 2. The van der Waals surface area contributed by atoms with Crippen molar-refractivity contribution >= 4 is 37.7 Å². The highest BCUT2D eigenvalue weighted by Gasteiger charge is 2.27. The molecule has 0 saturated heterocycles. The average Bonchev–Trinajstić information content (AvgIpc) is 3.27. The normalized spacial score (nSPS) is 11.9. The van der Waals surface area contributed by atoms with Gasteiger partial charge < -0.3 is 9.15 Å². The number of esters is 1. The molecule has 6 nitrogen and oxygen atoms in total. The third-order valence-corrected chi connectivity index (χ3v) is 8.51. The number of hydrogen-bond donors (Lipinski definition) is 0. The molecule has 0 aliphatic heterocycles. The number of benzene rings is 4. The number of carbonyl (C=O) groups excluding carboxylic acids is 1. The van der Waals surface area contributed by atoms with Crippen LogP contribution in [0.4, 0.5) is 0 Å². The Hall–Kier alpha value is -3.94. The summed E-state index contributed by atoms with van der Waals surface area (Å²) in [5.41, 5.74) is 2.97. The van der Waals surface area contributed by atoms with E-state index >= 15 is 0 Å². The maximum atomic E-state index is 14.0. The standard InChI is InChI=1S/C31H29NO5S/c1-3-36-31(33)30-22(2)28-20-27(15-16-29(28)37-30)38(34,35)32(18-17-23-9-5-4-6-10-23)21-24-13-14-25-11-7-8-12-26(25)19-24/h4-16,19-20H,3,17-18,21H2,1-2H3. The smallest absolute Gasteiger partial charge is 0.374 e. The average molecular weight is 528 g/mol. The molecular weight excluding hydrogens is 498 g/mol. The SMILES string of the molecule is CCOC(=O)c1oc2ccc(S(=O)(=O)N(CCc3ccccc3)Cc3ccc4ccccc4c3)cc2c1C. The predicted octanol–water partition coefficient (Wildman–Crippen LogP) is 6.50. The molecule has 0 saturated carbocycles. The van der Waals surface area contributed by atoms with Gasteiger partial charge in [-0.1, -0.05) is 66.7 Å². The van der Waals surface area contributed by atoms with Gasteiger partial charge in [0.2, 0.25) is 15.8 Å². The highest BCUT2D eigenvalue weighted by atomic mass is 32.2. The van der Waals surface area contributed by atoms with E-state index in [1.165, 1.54) is 10.4 Å². The third kappa shape index (κ3) is 5.21. The number of furan rings is 1. The first kappa shape index (κ1) is 25.7. The van der Waals surface area contributed by atoms with E-state index in [2.05, 4.69) is 0 Å². The summed E-state index contributed by atoms with van der Waals surface area (Å²) in [4.78, 5) is 12.5. The molecule has 0 N–H and O–H groups in total. The van der Waals surface area contributed by atoms with Crippen LogP contribution in [0.3, 0.4) is 0 Å². The van der Waals surface area contributed by atoms with E-state index in [-0.39, 0.29) is 23.8 Å². The van der Waals surface area contributed by atoms with Gasteiger partial charge in [0.25, 0.3) is 0 Å². The Morgan fingerprint density at radius 1 is 0.868 bits per heavy atom. The Labute approximate surface area is 222 Å². The quantitative estimate of drug-likeness (QED) is 0.204. The van der Waals surface area contributed by atoms with E-state index in [1.54, 1.807) is 26.0 Å². The van der Waals surface area contributed by atoms with Gasteiger partial charge in [0.15, 0.2) is 0 Å². The molecule has 0 aliphatic carbocycles. The fourth-order valence-electron chi connectivity index (χ4n) is 4.62. The van der Waals surface area contributed by atoms with Gasteiger partial charge in [0.1, 0.15) is 5.58 Å². The summed E-state index contributed by atoms with van der Waals surface area (Å²) in [5.74, 6) is -0.472. The zero-order valence-corrected chi connectivity index (χ0v) is 22.2. The van der Waals surface area contributed by atoms with E-state index in [0.717, 1.165) is 21.9 Å². The zero-order valence-electron chi connectivity index (χ0n) is 21.4. The molecule has 0 atom stereocenters. The van der Waals surface area contributed by atoms with Crippen LogP contribution < -0.4 is 0 Å². The molecule has 1 aromatic heterocycles. The second-order valence-electron chi connectivity index (χ2n) is 9.19. The molecule has 0 aliphatic rings. The lowest BCUT2D eigenvalue weighted by molar-refractivity contribution is 0.0491. The van der Waals surface area contributed by atoms with E-state index < -0.39 is 16.0 Å². The Bertz CT molecular complexity index is 1710. The minimum atomic E-state index is -3.88. The fraction of sp³-hybridized carbons (Fsp3) is 0.194. The number of rotatable bonds is 9. The molecule has 0 unspecified atom stereocenters. The number of nitrogens with zero attached hydrogens (tertiary/aromatic N) is 1. The summed E-state index contributed by atoms with van der Waals surface area (Å²) < 4.78 is 40.4. The Balaban J connectivity index is 1.51. The van der Waals surface area contributed by atoms with Crippen LogP contribution >= 0.6 is 0 Å².